The molecule has 34 heavy (non-hydrogen) atoms. The lowest BCUT2D eigenvalue weighted by molar-refractivity contribution is -0.0348. The van der Waals surface area contributed by atoms with Crippen LogP contribution < -0.4 is 10.1 Å². The third-order valence-electron chi connectivity index (χ3n) is 7.88. The minimum atomic E-state index is -0.273. The van der Waals surface area contributed by atoms with Crippen LogP contribution >= 0.6 is 0 Å². The highest BCUT2D eigenvalue weighted by Crippen LogP contribution is 2.46. The number of benzene rings is 2. The quantitative estimate of drug-likeness (QED) is 0.602. The fraction of sp³-hybridized carbons (Fsp3) is 0.552. The lowest BCUT2D eigenvalue weighted by Gasteiger charge is -2.44. The van der Waals surface area contributed by atoms with E-state index >= 15 is 0 Å². The van der Waals surface area contributed by atoms with Crippen LogP contribution in [0.25, 0.3) is 11.1 Å². The number of amides is 1. The van der Waals surface area contributed by atoms with Crippen molar-refractivity contribution in [3.8, 4) is 16.9 Å². The summed E-state index contributed by atoms with van der Waals surface area (Å²) in [7, 11) is 0. The van der Waals surface area contributed by atoms with Gasteiger partial charge in [0, 0.05) is 6.54 Å². The molecule has 3 aliphatic heterocycles. The Morgan fingerprint density at radius 1 is 1.12 bits per heavy atom. The van der Waals surface area contributed by atoms with E-state index in [1.165, 1.54) is 27.8 Å². The summed E-state index contributed by atoms with van der Waals surface area (Å²) in [5.74, 6) is 1.42. The smallest absolute Gasteiger partial charge is 0.407 e. The van der Waals surface area contributed by atoms with Gasteiger partial charge in [-0.2, -0.15) is 0 Å². The number of aryl methyl sites for hydroxylation is 1. The number of rotatable bonds is 5. The van der Waals surface area contributed by atoms with Gasteiger partial charge in [0.2, 0.25) is 0 Å². The first-order chi connectivity index (χ1) is 16.2. The highest BCUT2D eigenvalue weighted by Gasteiger charge is 2.42. The van der Waals surface area contributed by atoms with E-state index in [0.29, 0.717) is 5.92 Å². The molecule has 0 saturated carbocycles. The van der Waals surface area contributed by atoms with Crippen LogP contribution in [-0.2, 0) is 11.2 Å². The van der Waals surface area contributed by atoms with Crippen LogP contribution in [0.1, 0.15) is 63.3 Å². The Kier molecular flexibility index (Phi) is 6.09. The zero-order valence-electron chi connectivity index (χ0n) is 21.2. The molecule has 1 amide bonds. The summed E-state index contributed by atoms with van der Waals surface area (Å²) in [6.07, 6.45) is 3.12. The minimum absolute atomic E-state index is 0.0273. The van der Waals surface area contributed by atoms with E-state index < -0.39 is 0 Å². The second kappa shape index (κ2) is 8.92. The third kappa shape index (κ3) is 4.55. The van der Waals surface area contributed by atoms with Gasteiger partial charge in [-0.3, -0.25) is 4.90 Å². The number of nitrogens with one attached hydrogen (secondary N) is 1. The highest BCUT2D eigenvalue weighted by molar-refractivity contribution is 5.72. The Morgan fingerprint density at radius 2 is 1.88 bits per heavy atom. The van der Waals surface area contributed by atoms with Gasteiger partial charge in [0.15, 0.2) is 0 Å². The molecule has 1 aliphatic carbocycles. The fourth-order valence-electron chi connectivity index (χ4n) is 6.13. The van der Waals surface area contributed by atoms with Crippen LogP contribution in [0.4, 0.5) is 4.79 Å². The molecule has 2 bridgehead atoms. The molecule has 0 unspecified atom stereocenters. The van der Waals surface area contributed by atoms with E-state index in [4.69, 9.17) is 9.47 Å². The maximum Gasteiger partial charge on any atom is 0.407 e. The van der Waals surface area contributed by atoms with Gasteiger partial charge in [0.1, 0.15) is 11.9 Å². The molecule has 6 rings (SSSR count). The first-order valence-corrected chi connectivity index (χ1v) is 12.8. The van der Waals surface area contributed by atoms with Crippen molar-refractivity contribution in [2.24, 2.45) is 11.3 Å². The number of carbonyl (C=O) groups excluding carboxylic acids is 1. The fourth-order valence-corrected chi connectivity index (χ4v) is 6.13. The van der Waals surface area contributed by atoms with Crippen molar-refractivity contribution < 1.29 is 14.3 Å². The zero-order chi connectivity index (χ0) is 24.0. The Morgan fingerprint density at radius 3 is 2.53 bits per heavy atom. The summed E-state index contributed by atoms with van der Waals surface area (Å²) < 4.78 is 11.8. The van der Waals surface area contributed by atoms with Crippen molar-refractivity contribution in [1.29, 1.82) is 0 Å². The molecule has 3 saturated heterocycles. The van der Waals surface area contributed by atoms with Crippen molar-refractivity contribution in [2.75, 3.05) is 19.6 Å². The Balaban J connectivity index is 1.32. The molecule has 0 spiro atoms. The average Bonchev–Trinajstić information content (AvgIpc) is 3.03. The summed E-state index contributed by atoms with van der Waals surface area (Å²) in [6.45, 7) is 13.9. The van der Waals surface area contributed by atoms with E-state index in [1.807, 2.05) is 19.9 Å². The molecule has 4 aliphatic rings. The van der Waals surface area contributed by atoms with Gasteiger partial charge in [0.05, 0.1) is 12.1 Å². The molecule has 182 valence electrons. The minimum Gasteiger partial charge on any atom is -0.491 e. The van der Waals surface area contributed by atoms with Crippen molar-refractivity contribution in [3.63, 3.8) is 0 Å². The summed E-state index contributed by atoms with van der Waals surface area (Å²) in [6, 6.07) is 12.9. The topological polar surface area (TPSA) is 50.8 Å². The van der Waals surface area contributed by atoms with Crippen LogP contribution in [0.15, 0.2) is 36.4 Å². The molecule has 0 aromatic heterocycles. The standard InChI is InChI=1S/C29H38N2O3/c1-18(2)33-23-7-9-24(19(3)14-23)21-6-8-25-22(15-21)16-29(4,5)27(25)30-28(32)34-26-17-31-12-10-20(26)11-13-31/h6-9,14-15,18,20,26-27H,10-13,16-17H2,1-5H3,(H,30,32)/t26-,27+/m1/s1. The number of ether oxygens (including phenoxy) is 2. The van der Waals surface area contributed by atoms with Crippen molar-refractivity contribution in [1.82, 2.24) is 10.2 Å². The van der Waals surface area contributed by atoms with E-state index in [1.54, 1.807) is 0 Å². The lowest BCUT2D eigenvalue weighted by atomic mass is 9.85. The van der Waals surface area contributed by atoms with Crippen LogP contribution in [0.3, 0.4) is 0 Å². The molecule has 2 atom stereocenters. The van der Waals surface area contributed by atoms with E-state index in [0.717, 1.165) is 44.6 Å². The average molecular weight is 463 g/mol. The van der Waals surface area contributed by atoms with Crippen LogP contribution in [0, 0.1) is 18.3 Å². The maximum absolute atomic E-state index is 12.9. The molecule has 5 heteroatoms. The molecular weight excluding hydrogens is 424 g/mol. The largest absolute Gasteiger partial charge is 0.491 e. The van der Waals surface area contributed by atoms with Gasteiger partial charge in [-0.15, -0.1) is 0 Å². The van der Waals surface area contributed by atoms with E-state index in [-0.39, 0.29) is 29.8 Å². The maximum atomic E-state index is 12.9. The molecular formula is C29H38N2O3. The van der Waals surface area contributed by atoms with Crippen LogP contribution in [0.2, 0.25) is 0 Å². The van der Waals surface area contributed by atoms with Gasteiger partial charge in [-0.25, -0.2) is 4.79 Å². The number of hydrogen-bond donors (Lipinski definition) is 1. The van der Waals surface area contributed by atoms with Crippen LogP contribution in [-0.4, -0.2) is 42.8 Å². The number of piperidine rings is 3. The number of carbonyl (C=O) groups is 1. The first-order valence-electron chi connectivity index (χ1n) is 12.8. The van der Waals surface area contributed by atoms with E-state index in [9.17, 15) is 4.79 Å². The van der Waals surface area contributed by atoms with Gasteiger partial charge in [-0.1, -0.05) is 38.1 Å². The second-order valence-corrected chi connectivity index (χ2v) is 11.4. The predicted octanol–water partition coefficient (Wildman–Crippen LogP) is 5.89. The number of nitrogens with zero attached hydrogens (tertiary/aromatic N) is 1. The Bertz CT molecular complexity index is 1070. The summed E-state index contributed by atoms with van der Waals surface area (Å²) >= 11 is 0. The third-order valence-corrected chi connectivity index (χ3v) is 7.88. The lowest BCUT2D eigenvalue weighted by Crippen LogP contribution is -2.53. The number of fused-ring (bicyclic) bond motifs is 4. The SMILES string of the molecule is Cc1cc(OC(C)C)ccc1-c1ccc2c(c1)CC(C)(C)[C@H]2NC(=O)O[C@@H]1CN2CCC1CC2. The first kappa shape index (κ1) is 23.2. The summed E-state index contributed by atoms with van der Waals surface area (Å²) in [5, 5.41) is 3.23. The van der Waals surface area contributed by atoms with Gasteiger partial charge in [0.25, 0.3) is 0 Å². The molecule has 2 aromatic carbocycles. The van der Waals surface area contributed by atoms with E-state index in [2.05, 4.69) is 61.3 Å². The Labute approximate surface area is 203 Å². The summed E-state index contributed by atoms with van der Waals surface area (Å²) in [5.41, 5.74) is 6.06. The van der Waals surface area contributed by atoms with Crippen molar-refractivity contribution in [3.05, 3.63) is 53.1 Å². The summed E-state index contributed by atoms with van der Waals surface area (Å²) in [4.78, 5) is 15.3. The predicted molar refractivity (Wildman–Crippen MR) is 135 cm³/mol. The molecule has 5 nitrogen and oxygen atoms in total. The molecule has 3 fully saturated rings. The van der Waals surface area contributed by atoms with Gasteiger partial charge >= 0.3 is 6.09 Å². The van der Waals surface area contributed by atoms with Crippen molar-refractivity contribution >= 4 is 6.09 Å². The Hall–Kier alpha value is -2.53. The molecule has 3 heterocycles. The van der Waals surface area contributed by atoms with Gasteiger partial charge in [-0.05, 0) is 104 Å². The molecule has 0 radical (unpaired) electrons. The van der Waals surface area contributed by atoms with Crippen molar-refractivity contribution in [2.45, 2.75) is 72.1 Å². The number of hydrogen-bond acceptors (Lipinski definition) is 4. The highest BCUT2D eigenvalue weighted by atomic mass is 16.6. The molecule has 1 N–H and O–H groups in total. The van der Waals surface area contributed by atoms with Crippen LogP contribution in [0.5, 0.6) is 5.75 Å². The monoisotopic (exact) mass is 462 g/mol. The zero-order valence-corrected chi connectivity index (χ0v) is 21.2. The second-order valence-electron chi connectivity index (χ2n) is 11.4. The molecule has 2 aromatic rings. The normalized spacial score (nSPS) is 26.9. The van der Waals surface area contributed by atoms with Gasteiger partial charge < -0.3 is 14.8 Å². The number of alkyl carbamates (subject to hydrolysis) is 1.